The van der Waals surface area contributed by atoms with Gasteiger partial charge in [0.05, 0.1) is 5.69 Å². The van der Waals surface area contributed by atoms with Crippen LogP contribution >= 0.6 is 23.8 Å². The molecule has 1 saturated heterocycles. The highest BCUT2D eigenvalue weighted by atomic mass is 35.5. The molecule has 1 aromatic heterocycles. The Morgan fingerprint density at radius 1 is 0.966 bits per heavy atom. The van der Waals surface area contributed by atoms with E-state index >= 15 is 0 Å². The minimum Gasteiger partial charge on any atom is -0.298 e. The van der Waals surface area contributed by atoms with E-state index in [4.69, 9.17) is 23.8 Å². The van der Waals surface area contributed by atoms with Crippen molar-refractivity contribution in [2.24, 2.45) is 0 Å². The summed E-state index contributed by atoms with van der Waals surface area (Å²) in [7, 11) is 0. The third-order valence-electron chi connectivity index (χ3n) is 4.40. The largest absolute Gasteiger partial charge is 0.298 e. The Hall–Kier alpha value is -3.35. The van der Waals surface area contributed by atoms with E-state index in [2.05, 4.69) is 10.3 Å². The summed E-state index contributed by atoms with van der Waals surface area (Å²) in [6.07, 6.45) is 4.99. The minimum absolute atomic E-state index is 0.000397. The molecule has 3 aromatic rings. The van der Waals surface area contributed by atoms with Crippen molar-refractivity contribution in [1.82, 2.24) is 10.3 Å². The molecule has 0 saturated carbocycles. The van der Waals surface area contributed by atoms with Crippen molar-refractivity contribution < 1.29 is 9.59 Å². The molecule has 2 amide bonds. The topological polar surface area (TPSA) is 62.3 Å². The number of hydrogen-bond acceptors (Lipinski definition) is 4. The SMILES string of the molecule is O=C1NC(=S)N(c2ccc(Cl)cc2)C(=O)C1=Cc1cccc(-c2ccncc2)c1. The molecule has 2 aromatic carbocycles. The number of carbonyl (C=O) groups excluding carboxylic acids is 2. The number of thiocarbonyl (C=S) groups is 1. The number of carbonyl (C=O) groups is 2. The summed E-state index contributed by atoms with van der Waals surface area (Å²) in [5, 5.41) is 3.15. The van der Waals surface area contributed by atoms with Crippen LogP contribution in [0.25, 0.3) is 17.2 Å². The first-order chi connectivity index (χ1) is 14.0. The van der Waals surface area contributed by atoms with Gasteiger partial charge in [-0.05, 0) is 77.4 Å². The van der Waals surface area contributed by atoms with Crippen molar-refractivity contribution in [1.29, 1.82) is 0 Å². The van der Waals surface area contributed by atoms with Gasteiger partial charge in [-0.2, -0.15) is 0 Å². The molecule has 1 aliphatic heterocycles. The lowest BCUT2D eigenvalue weighted by atomic mass is 10.0. The molecule has 0 aliphatic carbocycles. The van der Waals surface area contributed by atoms with Gasteiger partial charge in [0.2, 0.25) is 0 Å². The molecule has 5 nitrogen and oxygen atoms in total. The second-order valence-electron chi connectivity index (χ2n) is 6.30. The molecule has 1 N–H and O–H groups in total. The van der Waals surface area contributed by atoms with Crippen molar-refractivity contribution in [2.45, 2.75) is 0 Å². The monoisotopic (exact) mass is 419 g/mol. The third kappa shape index (κ3) is 3.94. The zero-order valence-electron chi connectivity index (χ0n) is 15.0. The number of rotatable bonds is 3. The second-order valence-corrected chi connectivity index (χ2v) is 7.12. The molecule has 0 spiro atoms. The number of anilines is 1. The van der Waals surface area contributed by atoms with E-state index in [1.165, 1.54) is 4.90 Å². The van der Waals surface area contributed by atoms with Crippen LogP contribution in [-0.2, 0) is 9.59 Å². The minimum atomic E-state index is -0.528. The van der Waals surface area contributed by atoms with Gasteiger partial charge in [0.25, 0.3) is 11.8 Å². The first-order valence-electron chi connectivity index (χ1n) is 8.70. The molecule has 0 atom stereocenters. The zero-order chi connectivity index (χ0) is 20.4. The Bertz CT molecular complexity index is 1140. The van der Waals surface area contributed by atoms with Gasteiger partial charge in [0.15, 0.2) is 5.11 Å². The molecule has 4 rings (SSSR count). The van der Waals surface area contributed by atoms with Crippen LogP contribution in [0.4, 0.5) is 5.69 Å². The lowest BCUT2D eigenvalue weighted by molar-refractivity contribution is -0.122. The summed E-state index contributed by atoms with van der Waals surface area (Å²) in [5.74, 6) is -1.02. The first-order valence-corrected chi connectivity index (χ1v) is 9.49. The summed E-state index contributed by atoms with van der Waals surface area (Å²) in [6.45, 7) is 0. The summed E-state index contributed by atoms with van der Waals surface area (Å²) in [6, 6.07) is 18.0. The van der Waals surface area contributed by atoms with Crippen LogP contribution in [0.15, 0.2) is 78.6 Å². The van der Waals surface area contributed by atoms with Crippen LogP contribution in [-0.4, -0.2) is 21.9 Å². The quantitative estimate of drug-likeness (QED) is 0.392. The van der Waals surface area contributed by atoms with Crippen molar-refractivity contribution in [3.05, 3.63) is 89.2 Å². The van der Waals surface area contributed by atoms with Crippen LogP contribution in [0, 0.1) is 0 Å². The maximum Gasteiger partial charge on any atom is 0.270 e. The van der Waals surface area contributed by atoms with Crippen molar-refractivity contribution in [2.75, 3.05) is 4.90 Å². The number of nitrogens with zero attached hydrogens (tertiary/aromatic N) is 2. The fourth-order valence-corrected chi connectivity index (χ4v) is 3.41. The van der Waals surface area contributed by atoms with Crippen LogP contribution in [0.3, 0.4) is 0 Å². The number of halogens is 1. The highest BCUT2D eigenvalue weighted by Gasteiger charge is 2.34. The van der Waals surface area contributed by atoms with E-state index in [-0.39, 0.29) is 10.7 Å². The highest BCUT2D eigenvalue weighted by Crippen LogP contribution is 2.25. The third-order valence-corrected chi connectivity index (χ3v) is 4.93. The van der Waals surface area contributed by atoms with Gasteiger partial charge in [-0.1, -0.05) is 29.8 Å². The fourth-order valence-electron chi connectivity index (χ4n) is 3.00. The molecule has 0 bridgehead atoms. The molecule has 2 heterocycles. The smallest absolute Gasteiger partial charge is 0.270 e. The number of amides is 2. The van der Waals surface area contributed by atoms with Gasteiger partial charge in [-0.25, -0.2) is 0 Å². The average molecular weight is 420 g/mol. The van der Waals surface area contributed by atoms with E-state index < -0.39 is 11.8 Å². The second kappa shape index (κ2) is 7.95. The van der Waals surface area contributed by atoms with E-state index in [0.717, 1.165) is 16.7 Å². The number of pyridine rings is 1. The summed E-state index contributed by atoms with van der Waals surface area (Å²) < 4.78 is 0. The molecule has 7 heteroatoms. The highest BCUT2D eigenvalue weighted by molar-refractivity contribution is 7.80. The number of aromatic nitrogens is 1. The molecule has 0 unspecified atom stereocenters. The predicted molar refractivity (Wildman–Crippen MR) is 117 cm³/mol. The van der Waals surface area contributed by atoms with Gasteiger partial charge in [0, 0.05) is 17.4 Å². The molecule has 0 radical (unpaired) electrons. The molecule has 1 aliphatic rings. The molecule has 29 heavy (non-hydrogen) atoms. The molecule has 1 fully saturated rings. The van der Waals surface area contributed by atoms with E-state index in [1.807, 2.05) is 36.4 Å². The number of hydrogen-bond donors (Lipinski definition) is 1. The Labute approximate surface area is 177 Å². The Morgan fingerprint density at radius 2 is 1.69 bits per heavy atom. The average Bonchev–Trinajstić information content (AvgIpc) is 2.73. The summed E-state index contributed by atoms with van der Waals surface area (Å²) in [4.78, 5) is 30.8. The van der Waals surface area contributed by atoms with E-state index in [0.29, 0.717) is 10.7 Å². The van der Waals surface area contributed by atoms with Crippen molar-refractivity contribution in [3.63, 3.8) is 0 Å². The van der Waals surface area contributed by atoms with Crippen molar-refractivity contribution in [3.8, 4) is 11.1 Å². The van der Waals surface area contributed by atoms with Gasteiger partial charge in [0.1, 0.15) is 5.57 Å². The van der Waals surface area contributed by atoms with E-state index in [9.17, 15) is 9.59 Å². The Balaban J connectivity index is 1.71. The maximum absolute atomic E-state index is 13.1. The van der Waals surface area contributed by atoms with Gasteiger partial charge in [-0.15, -0.1) is 0 Å². The normalized spacial score (nSPS) is 15.6. The van der Waals surface area contributed by atoms with Crippen LogP contribution in [0.1, 0.15) is 5.56 Å². The lowest BCUT2D eigenvalue weighted by Crippen LogP contribution is -2.54. The van der Waals surface area contributed by atoms with Crippen LogP contribution < -0.4 is 10.2 Å². The molecule has 142 valence electrons. The Morgan fingerprint density at radius 3 is 2.41 bits per heavy atom. The first kappa shape index (κ1) is 19.0. The van der Waals surface area contributed by atoms with Crippen LogP contribution in [0.5, 0.6) is 0 Å². The fraction of sp³-hybridized carbons (Fsp3) is 0. The molecular formula is C22H14ClN3O2S. The van der Waals surface area contributed by atoms with Gasteiger partial charge < -0.3 is 0 Å². The summed E-state index contributed by atoms with van der Waals surface area (Å²) in [5.41, 5.74) is 3.20. The zero-order valence-corrected chi connectivity index (χ0v) is 16.6. The standard InChI is InChI=1S/C22H14ClN3O2S/c23-17-4-6-18(7-5-17)26-21(28)19(20(27)25-22(26)29)13-14-2-1-3-16(12-14)15-8-10-24-11-9-15/h1-13H,(H,25,27,29). The predicted octanol–water partition coefficient (Wildman–Crippen LogP) is 4.23. The van der Waals surface area contributed by atoms with Gasteiger partial charge >= 0.3 is 0 Å². The summed E-state index contributed by atoms with van der Waals surface area (Å²) >= 11 is 11.1. The van der Waals surface area contributed by atoms with E-state index in [1.54, 1.807) is 42.7 Å². The van der Waals surface area contributed by atoms with Crippen molar-refractivity contribution >= 4 is 52.5 Å². The lowest BCUT2D eigenvalue weighted by Gasteiger charge is -2.29. The number of nitrogens with one attached hydrogen (secondary N) is 1. The maximum atomic E-state index is 13.1. The molecular weight excluding hydrogens is 406 g/mol. The van der Waals surface area contributed by atoms with Crippen LogP contribution in [0.2, 0.25) is 5.02 Å². The Kier molecular flexibility index (Phi) is 5.20. The van der Waals surface area contributed by atoms with Gasteiger partial charge in [-0.3, -0.25) is 24.8 Å². The number of benzene rings is 2.